The third kappa shape index (κ3) is 2.33. The maximum atomic E-state index is 12.9. The van der Waals surface area contributed by atoms with Gasteiger partial charge in [0.25, 0.3) is 0 Å². The molecule has 0 aliphatic carbocycles. The highest BCUT2D eigenvalue weighted by Crippen LogP contribution is 2.23. The van der Waals surface area contributed by atoms with Crippen LogP contribution in [0, 0.1) is 5.82 Å². The molecule has 2 nitrogen and oxygen atoms in total. The number of hydrogen-bond acceptors (Lipinski definition) is 2. The van der Waals surface area contributed by atoms with Crippen LogP contribution in [0.3, 0.4) is 0 Å². The average Bonchev–Trinajstić information content (AvgIpc) is 2.47. The second kappa shape index (κ2) is 4.78. The first kappa shape index (κ1) is 11.8. The Balaban J connectivity index is 2.12. The van der Waals surface area contributed by atoms with Gasteiger partial charge in [-0.3, -0.25) is 4.98 Å². The molecular formula is C16H13FN2. The van der Waals surface area contributed by atoms with Crippen LogP contribution < -0.4 is 5.73 Å². The van der Waals surface area contributed by atoms with Gasteiger partial charge >= 0.3 is 0 Å². The Morgan fingerprint density at radius 3 is 2.47 bits per heavy atom. The SMILES string of the molecule is NCc1ccc2ncc(-c3ccc(F)cc3)cc2c1. The van der Waals surface area contributed by atoms with Crippen molar-refractivity contribution in [3.63, 3.8) is 0 Å². The molecule has 2 aromatic carbocycles. The fraction of sp³-hybridized carbons (Fsp3) is 0.0625. The summed E-state index contributed by atoms with van der Waals surface area (Å²) in [6.45, 7) is 0.511. The Morgan fingerprint density at radius 1 is 0.947 bits per heavy atom. The molecule has 0 atom stereocenters. The molecule has 0 amide bonds. The first-order valence-electron chi connectivity index (χ1n) is 6.11. The zero-order valence-electron chi connectivity index (χ0n) is 10.3. The second-order valence-electron chi connectivity index (χ2n) is 4.46. The summed E-state index contributed by atoms with van der Waals surface area (Å²) >= 11 is 0. The summed E-state index contributed by atoms with van der Waals surface area (Å²) in [7, 11) is 0. The minimum Gasteiger partial charge on any atom is -0.326 e. The van der Waals surface area contributed by atoms with Crippen LogP contribution in [-0.4, -0.2) is 4.98 Å². The van der Waals surface area contributed by atoms with Gasteiger partial charge in [-0.1, -0.05) is 18.2 Å². The molecule has 0 aliphatic rings. The monoisotopic (exact) mass is 252 g/mol. The van der Waals surface area contributed by atoms with E-state index in [2.05, 4.69) is 11.1 Å². The van der Waals surface area contributed by atoms with Gasteiger partial charge in [-0.15, -0.1) is 0 Å². The van der Waals surface area contributed by atoms with E-state index in [1.807, 2.05) is 18.2 Å². The maximum Gasteiger partial charge on any atom is 0.123 e. The molecule has 19 heavy (non-hydrogen) atoms. The Labute approximate surface area is 110 Å². The largest absolute Gasteiger partial charge is 0.326 e. The number of hydrogen-bond donors (Lipinski definition) is 1. The third-order valence-electron chi connectivity index (χ3n) is 3.16. The van der Waals surface area contributed by atoms with Crippen LogP contribution in [0.15, 0.2) is 54.7 Å². The predicted octanol–water partition coefficient (Wildman–Crippen LogP) is 3.50. The Hall–Kier alpha value is -2.26. The van der Waals surface area contributed by atoms with Gasteiger partial charge in [-0.2, -0.15) is 0 Å². The molecule has 0 aliphatic heterocycles. The highest BCUT2D eigenvalue weighted by Gasteiger charge is 2.02. The topological polar surface area (TPSA) is 38.9 Å². The molecule has 1 aromatic heterocycles. The van der Waals surface area contributed by atoms with Crippen molar-refractivity contribution in [2.75, 3.05) is 0 Å². The van der Waals surface area contributed by atoms with Gasteiger partial charge < -0.3 is 5.73 Å². The number of nitrogens with two attached hydrogens (primary N) is 1. The van der Waals surface area contributed by atoms with E-state index < -0.39 is 0 Å². The molecule has 0 saturated heterocycles. The number of aromatic nitrogens is 1. The maximum absolute atomic E-state index is 12.9. The van der Waals surface area contributed by atoms with Crippen molar-refractivity contribution in [1.29, 1.82) is 0 Å². The van der Waals surface area contributed by atoms with E-state index in [1.165, 1.54) is 12.1 Å². The van der Waals surface area contributed by atoms with E-state index in [-0.39, 0.29) is 5.82 Å². The third-order valence-corrected chi connectivity index (χ3v) is 3.16. The molecule has 0 saturated carbocycles. The van der Waals surface area contributed by atoms with Gasteiger partial charge in [-0.05, 0) is 41.5 Å². The molecule has 1 heterocycles. The predicted molar refractivity (Wildman–Crippen MR) is 75.0 cm³/mol. The Bertz CT molecular complexity index is 720. The summed E-state index contributed by atoms with van der Waals surface area (Å²) in [5.41, 5.74) is 9.58. The molecule has 3 aromatic rings. The summed E-state index contributed by atoms with van der Waals surface area (Å²) in [6, 6.07) is 14.4. The van der Waals surface area contributed by atoms with E-state index in [9.17, 15) is 4.39 Å². The van der Waals surface area contributed by atoms with E-state index in [0.717, 1.165) is 27.6 Å². The Kier molecular flexibility index (Phi) is 2.97. The second-order valence-corrected chi connectivity index (χ2v) is 4.46. The summed E-state index contributed by atoms with van der Waals surface area (Å²) in [6.07, 6.45) is 1.80. The molecular weight excluding hydrogens is 239 g/mol. The number of pyridine rings is 1. The van der Waals surface area contributed by atoms with Crippen molar-refractivity contribution in [2.45, 2.75) is 6.54 Å². The first-order chi connectivity index (χ1) is 9.26. The van der Waals surface area contributed by atoms with Crippen LogP contribution in [0.1, 0.15) is 5.56 Å². The van der Waals surface area contributed by atoms with Gasteiger partial charge in [0.1, 0.15) is 5.82 Å². The summed E-state index contributed by atoms with van der Waals surface area (Å²) in [4.78, 5) is 4.42. The molecule has 94 valence electrons. The van der Waals surface area contributed by atoms with Crippen molar-refractivity contribution < 1.29 is 4.39 Å². The smallest absolute Gasteiger partial charge is 0.123 e. The van der Waals surface area contributed by atoms with Gasteiger partial charge in [0.15, 0.2) is 0 Å². The minimum atomic E-state index is -0.233. The molecule has 3 rings (SSSR count). The van der Waals surface area contributed by atoms with E-state index in [1.54, 1.807) is 18.3 Å². The van der Waals surface area contributed by atoms with Crippen molar-refractivity contribution in [3.8, 4) is 11.1 Å². The number of nitrogens with zero attached hydrogens (tertiary/aromatic N) is 1. The first-order valence-corrected chi connectivity index (χ1v) is 6.11. The quantitative estimate of drug-likeness (QED) is 0.758. The lowest BCUT2D eigenvalue weighted by atomic mass is 10.0. The van der Waals surface area contributed by atoms with Crippen molar-refractivity contribution in [3.05, 3.63) is 66.1 Å². The minimum absolute atomic E-state index is 0.233. The lowest BCUT2D eigenvalue weighted by Crippen LogP contribution is -1.95. The zero-order valence-corrected chi connectivity index (χ0v) is 10.3. The number of fused-ring (bicyclic) bond motifs is 1. The van der Waals surface area contributed by atoms with E-state index in [0.29, 0.717) is 6.54 Å². The molecule has 3 heteroatoms. The van der Waals surface area contributed by atoms with Crippen LogP contribution >= 0.6 is 0 Å². The van der Waals surface area contributed by atoms with Crippen molar-refractivity contribution in [1.82, 2.24) is 4.98 Å². The fourth-order valence-electron chi connectivity index (χ4n) is 2.11. The van der Waals surface area contributed by atoms with Gasteiger partial charge in [0.05, 0.1) is 5.52 Å². The normalized spacial score (nSPS) is 10.8. The van der Waals surface area contributed by atoms with E-state index >= 15 is 0 Å². The lowest BCUT2D eigenvalue weighted by molar-refractivity contribution is 0.628. The van der Waals surface area contributed by atoms with Gasteiger partial charge in [0, 0.05) is 23.7 Å². The standard InChI is InChI=1S/C16H13FN2/c17-15-4-2-12(3-5-15)14-8-13-7-11(9-18)1-6-16(13)19-10-14/h1-8,10H,9,18H2. The zero-order chi connectivity index (χ0) is 13.2. The fourth-order valence-corrected chi connectivity index (χ4v) is 2.11. The summed E-state index contributed by atoms with van der Waals surface area (Å²) in [5.74, 6) is -0.233. The van der Waals surface area contributed by atoms with Gasteiger partial charge in [0.2, 0.25) is 0 Å². The van der Waals surface area contributed by atoms with Crippen LogP contribution in [0.4, 0.5) is 4.39 Å². The van der Waals surface area contributed by atoms with Crippen LogP contribution in [0.25, 0.3) is 22.0 Å². The van der Waals surface area contributed by atoms with Crippen LogP contribution in [0.5, 0.6) is 0 Å². The average molecular weight is 252 g/mol. The highest BCUT2D eigenvalue weighted by molar-refractivity contribution is 5.84. The van der Waals surface area contributed by atoms with Gasteiger partial charge in [-0.25, -0.2) is 4.39 Å². The van der Waals surface area contributed by atoms with Crippen LogP contribution in [-0.2, 0) is 6.54 Å². The van der Waals surface area contributed by atoms with Crippen molar-refractivity contribution >= 4 is 10.9 Å². The highest BCUT2D eigenvalue weighted by atomic mass is 19.1. The molecule has 0 unspecified atom stereocenters. The van der Waals surface area contributed by atoms with Crippen LogP contribution in [0.2, 0.25) is 0 Å². The number of rotatable bonds is 2. The molecule has 0 spiro atoms. The molecule has 0 radical (unpaired) electrons. The number of halogens is 1. The Morgan fingerprint density at radius 2 is 1.74 bits per heavy atom. The van der Waals surface area contributed by atoms with Crippen molar-refractivity contribution in [2.24, 2.45) is 5.73 Å². The summed E-state index contributed by atoms with van der Waals surface area (Å²) < 4.78 is 12.9. The molecule has 2 N–H and O–H groups in total. The number of benzene rings is 2. The summed E-state index contributed by atoms with van der Waals surface area (Å²) in [5, 5.41) is 1.05. The molecule has 0 bridgehead atoms. The molecule has 0 fully saturated rings. The van der Waals surface area contributed by atoms with E-state index in [4.69, 9.17) is 5.73 Å². The lowest BCUT2D eigenvalue weighted by Gasteiger charge is -2.05.